The van der Waals surface area contributed by atoms with Crippen LogP contribution in [0.2, 0.25) is 0 Å². The van der Waals surface area contributed by atoms with Gasteiger partial charge in [-0.15, -0.1) is 24.0 Å². The summed E-state index contributed by atoms with van der Waals surface area (Å²) in [5.74, 6) is 1.04. The van der Waals surface area contributed by atoms with Crippen molar-refractivity contribution in [3.05, 3.63) is 23.9 Å². The molecule has 2 rings (SSSR count). The van der Waals surface area contributed by atoms with Crippen molar-refractivity contribution in [2.75, 3.05) is 46.6 Å². The molecule has 2 heterocycles. The minimum Gasteiger partial charge on any atom is -0.468 e. The van der Waals surface area contributed by atoms with Crippen molar-refractivity contribution in [2.24, 2.45) is 10.9 Å². The first-order chi connectivity index (χ1) is 13.5. The highest BCUT2D eigenvalue weighted by Crippen LogP contribution is 2.17. The minimum atomic E-state index is -4.39. The highest BCUT2D eigenvalue weighted by atomic mass is 127. The van der Waals surface area contributed by atoms with E-state index in [1.807, 2.05) is 0 Å². The fraction of sp³-hybridized carbons (Fsp3) is 0.667. The van der Waals surface area contributed by atoms with Gasteiger partial charge in [-0.1, -0.05) is 0 Å². The van der Waals surface area contributed by atoms with Crippen LogP contribution in [0.1, 0.15) is 18.4 Å². The third kappa shape index (κ3) is 11.4. The number of hydrogen-bond acceptors (Lipinski definition) is 5. The van der Waals surface area contributed by atoms with Gasteiger partial charge in [-0.25, -0.2) is 4.98 Å². The Kier molecular flexibility index (Phi) is 12.2. The van der Waals surface area contributed by atoms with E-state index in [2.05, 4.69) is 25.3 Å². The highest BCUT2D eigenvalue weighted by Gasteiger charge is 2.28. The average Bonchev–Trinajstić information content (AvgIpc) is 3.18. The first kappa shape index (κ1) is 25.7. The average molecular weight is 532 g/mol. The number of halogens is 4. The molecule has 0 saturated carbocycles. The summed E-state index contributed by atoms with van der Waals surface area (Å²) in [6.07, 6.45) is -1.09. The van der Waals surface area contributed by atoms with E-state index < -0.39 is 12.8 Å². The van der Waals surface area contributed by atoms with Crippen LogP contribution in [-0.2, 0) is 16.0 Å². The third-order valence-electron chi connectivity index (χ3n) is 4.00. The SMILES string of the molecule is CN=C(NCCCOCC1CCOC1)NCc1ccnc(OCC(F)(F)F)c1.I. The zero-order chi connectivity index (χ0) is 20.2. The maximum atomic E-state index is 12.2. The standard InChI is InChI=1S/C18H27F3N4O3.HI/c1-22-17(24-5-2-7-26-11-15-4-8-27-12-15)25-10-14-3-6-23-16(9-14)28-13-18(19,20)21;/h3,6,9,15H,2,4-5,7-8,10-13H2,1H3,(H2,22,24,25);1H. The van der Waals surface area contributed by atoms with Gasteiger partial charge in [0.1, 0.15) is 0 Å². The van der Waals surface area contributed by atoms with E-state index in [0.717, 1.165) is 38.2 Å². The number of nitrogens with one attached hydrogen (secondary N) is 2. The van der Waals surface area contributed by atoms with E-state index in [4.69, 9.17) is 9.47 Å². The Bertz CT molecular complexity index is 614. The maximum absolute atomic E-state index is 12.2. The Balaban J connectivity index is 0.00000420. The Hall–Kier alpha value is -1.34. The number of nitrogens with zero attached hydrogens (tertiary/aromatic N) is 2. The van der Waals surface area contributed by atoms with Gasteiger partial charge in [-0.3, -0.25) is 4.99 Å². The van der Waals surface area contributed by atoms with Crippen LogP contribution in [0.3, 0.4) is 0 Å². The monoisotopic (exact) mass is 532 g/mol. The van der Waals surface area contributed by atoms with Crippen LogP contribution in [0, 0.1) is 5.92 Å². The Labute approximate surface area is 185 Å². The van der Waals surface area contributed by atoms with Crippen LogP contribution in [0.15, 0.2) is 23.3 Å². The Morgan fingerprint density at radius 1 is 1.38 bits per heavy atom. The van der Waals surface area contributed by atoms with Crippen LogP contribution >= 0.6 is 24.0 Å². The number of aromatic nitrogens is 1. The number of pyridine rings is 1. The molecule has 0 amide bonds. The van der Waals surface area contributed by atoms with Crippen LogP contribution in [-0.4, -0.2) is 63.7 Å². The summed E-state index contributed by atoms with van der Waals surface area (Å²) >= 11 is 0. The molecule has 1 aliphatic heterocycles. The first-order valence-corrected chi connectivity index (χ1v) is 9.21. The molecule has 1 aromatic rings. The number of aliphatic imine (C=N–C) groups is 1. The smallest absolute Gasteiger partial charge is 0.422 e. The lowest BCUT2D eigenvalue weighted by Crippen LogP contribution is -2.37. The van der Waals surface area contributed by atoms with E-state index in [-0.39, 0.29) is 29.9 Å². The largest absolute Gasteiger partial charge is 0.468 e. The molecular weight excluding hydrogens is 504 g/mol. The fourth-order valence-electron chi connectivity index (χ4n) is 2.55. The number of rotatable bonds is 10. The summed E-state index contributed by atoms with van der Waals surface area (Å²) in [6, 6.07) is 3.16. The fourth-order valence-corrected chi connectivity index (χ4v) is 2.55. The van der Waals surface area contributed by atoms with Crippen molar-refractivity contribution in [3.8, 4) is 5.88 Å². The van der Waals surface area contributed by atoms with Gasteiger partial charge < -0.3 is 24.8 Å². The zero-order valence-electron chi connectivity index (χ0n) is 16.3. The maximum Gasteiger partial charge on any atom is 0.422 e. The third-order valence-corrected chi connectivity index (χ3v) is 4.00. The molecule has 1 unspecified atom stereocenters. The van der Waals surface area contributed by atoms with Crippen LogP contribution in [0.5, 0.6) is 5.88 Å². The van der Waals surface area contributed by atoms with Crippen molar-refractivity contribution in [3.63, 3.8) is 0 Å². The van der Waals surface area contributed by atoms with E-state index >= 15 is 0 Å². The second kappa shape index (κ2) is 13.8. The van der Waals surface area contributed by atoms with Gasteiger partial charge in [0.25, 0.3) is 0 Å². The van der Waals surface area contributed by atoms with Gasteiger partial charge in [0.2, 0.25) is 5.88 Å². The Morgan fingerprint density at radius 2 is 2.21 bits per heavy atom. The lowest BCUT2D eigenvalue weighted by molar-refractivity contribution is -0.154. The summed E-state index contributed by atoms with van der Waals surface area (Å²) in [6.45, 7) is 2.70. The van der Waals surface area contributed by atoms with Crippen molar-refractivity contribution < 1.29 is 27.4 Å². The summed E-state index contributed by atoms with van der Waals surface area (Å²) < 4.78 is 52.2. The van der Waals surface area contributed by atoms with Crippen molar-refractivity contribution in [1.29, 1.82) is 0 Å². The van der Waals surface area contributed by atoms with E-state index in [0.29, 0.717) is 31.6 Å². The topological polar surface area (TPSA) is 77.0 Å². The molecule has 29 heavy (non-hydrogen) atoms. The summed E-state index contributed by atoms with van der Waals surface area (Å²) in [4.78, 5) is 7.90. The van der Waals surface area contributed by atoms with Crippen LogP contribution < -0.4 is 15.4 Å². The molecule has 1 fully saturated rings. The lowest BCUT2D eigenvalue weighted by atomic mass is 10.1. The normalized spacial score (nSPS) is 17.0. The quantitative estimate of drug-likeness (QED) is 0.209. The number of ether oxygens (including phenoxy) is 3. The molecule has 11 heteroatoms. The minimum absolute atomic E-state index is 0. The van der Waals surface area contributed by atoms with Gasteiger partial charge >= 0.3 is 6.18 Å². The zero-order valence-corrected chi connectivity index (χ0v) is 18.7. The molecule has 0 bridgehead atoms. The molecule has 1 atom stereocenters. The van der Waals surface area contributed by atoms with Crippen molar-refractivity contribution in [2.45, 2.75) is 25.6 Å². The molecule has 1 aliphatic rings. The van der Waals surface area contributed by atoms with Gasteiger partial charge in [0.05, 0.1) is 13.2 Å². The van der Waals surface area contributed by atoms with E-state index in [1.165, 1.54) is 12.3 Å². The van der Waals surface area contributed by atoms with Crippen molar-refractivity contribution >= 4 is 29.9 Å². The lowest BCUT2D eigenvalue weighted by Gasteiger charge is -2.13. The van der Waals surface area contributed by atoms with Gasteiger partial charge in [-0.2, -0.15) is 13.2 Å². The molecule has 166 valence electrons. The summed E-state index contributed by atoms with van der Waals surface area (Å²) in [5, 5.41) is 6.26. The number of hydrogen-bond donors (Lipinski definition) is 2. The molecule has 7 nitrogen and oxygen atoms in total. The van der Waals surface area contributed by atoms with Crippen molar-refractivity contribution in [1.82, 2.24) is 15.6 Å². The first-order valence-electron chi connectivity index (χ1n) is 9.21. The molecule has 0 spiro atoms. The second-order valence-corrected chi connectivity index (χ2v) is 6.42. The number of alkyl halides is 3. The molecule has 1 saturated heterocycles. The predicted molar refractivity (Wildman–Crippen MR) is 114 cm³/mol. The van der Waals surface area contributed by atoms with E-state index in [1.54, 1.807) is 13.1 Å². The molecule has 2 N–H and O–H groups in total. The predicted octanol–water partition coefficient (Wildman–Crippen LogP) is 2.75. The summed E-state index contributed by atoms with van der Waals surface area (Å²) in [7, 11) is 1.65. The second-order valence-electron chi connectivity index (χ2n) is 6.42. The summed E-state index contributed by atoms with van der Waals surface area (Å²) in [5.41, 5.74) is 0.734. The molecular formula is C18H28F3IN4O3. The van der Waals surface area contributed by atoms with Crippen LogP contribution in [0.25, 0.3) is 0 Å². The Morgan fingerprint density at radius 3 is 2.90 bits per heavy atom. The van der Waals surface area contributed by atoms with Gasteiger partial charge in [-0.05, 0) is 24.5 Å². The molecule has 0 radical (unpaired) electrons. The highest BCUT2D eigenvalue weighted by molar-refractivity contribution is 14.0. The molecule has 0 aromatic carbocycles. The van der Waals surface area contributed by atoms with Gasteiger partial charge in [0.15, 0.2) is 12.6 Å². The molecule has 0 aliphatic carbocycles. The van der Waals surface area contributed by atoms with E-state index in [9.17, 15) is 13.2 Å². The van der Waals surface area contributed by atoms with Crippen LogP contribution in [0.4, 0.5) is 13.2 Å². The van der Waals surface area contributed by atoms with Gasteiger partial charge in [0, 0.05) is 51.5 Å². The number of guanidine groups is 1. The molecule has 1 aromatic heterocycles.